The van der Waals surface area contributed by atoms with Crippen molar-refractivity contribution in [1.82, 2.24) is 4.31 Å². The number of sulfonamides is 1. The third kappa shape index (κ3) is 2.57. The van der Waals surface area contributed by atoms with Crippen molar-refractivity contribution in [1.29, 1.82) is 0 Å². The maximum Gasteiger partial charge on any atom is 0.243 e. The number of anilines is 1. The Labute approximate surface area is 90.1 Å². The predicted molar refractivity (Wildman–Crippen MR) is 60.9 cm³/mol. The van der Waals surface area contributed by atoms with Gasteiger partial charge in [-0.25, -0.2) is 8.42 Å². The molecule has 0 aliphatic carbocycles. The number of nitrogen functional groups attached to an aromatic ring is 1. The minimum absolute atomic E-state index is 0.237. The van der Waals surface area contributed by atoms with Crippen LogP contribution in [0.2, 0.25) is 0 Å². The Morgan fingerprint density at radius 2 is 1.93 bits per heavy atom. The van der Waals surface area contributed by atoms with Crippen LogP contribution < -0.4 is 5.73 Å². The van der Waals surface area contributed by atoms with Crippen molar-refractivity contribution in [2.45, 2.75) is 4.90 Å². The van der Waals surface area contributed by atoms with Gasteiger partial charge in [0, 0.05) is 19.3 Å². The Hall–Kier alpha value is -1.33. The first kappa shape index (κ1) is 11.7. The minimum atomic E-state index is -3.41. The molecular formula is C10H14N2O2S. The number of likely N-dealkylation sites (N-methyl/N-ethyl adjacent to an activating group) is 1. The highest BCUT2D eigenvalue weighted by Gasteiger charge is 2.18. The standard InChI is InChI=1S/C10H14N2O2S/c1-3-8-12(2)15(13,14)10-6-4-9(11)5-7-10/h3-7H,1,8,11H2,2H3. The summed E-state index contributed by atoms with van der Waals surface area (Å²) in [6.45, 7) is 3.78. The van der Waals surface area contributed by atoms with E-state index >= 15 is 0 Å². The lowest BCUT2D eigenvalue weighted by molar-refractivity contribution is 0.499. The highest BCUT2D eigenvalue weighted by atomic mass is 32.2. The molecule has 1 aromatic rings. The van der Waals surface area contributed by atoms with Crippen LogP contribution in [0.15, 0.2) is 41.8 Å². The van der Waals surface area contributed by atoms with Gasteiger partial charge in [0.1, 0.15) is 0 Å². The SMILES string of the molecule is C=CCN(C)S(=O)(=O)c1ccc(N)cc1. The van der Waals surface area contributed by atoms with Crippen LogP contribution in [-0.4, -0.2) is 26.3 Å². The van der Waals surface area contributed by atoms with Crippen LogP contribution in [-0.2, 0) is 10.0 Å². The largest absolute Gasteiger partial charge is 0.399 e. The van der Waals surface area contributed by atoms with Crippen LogP contribution in [0.1, 0.15) is 0 Å². The molecule has 0 heterocycles. The van der Waals surface area contributed by atoms with E-state index in [1.54, 1.807) is 12.1 Å². The third-order valence-corrected chi connectivity index (χ3v) is 3.81. The van der Waals surface area contributed by atoms with Gasteiger partial charge in [0.25, 0.3) is 0 Å². The number of hydrogen-bond donors (Lipinski definition) is 1. The van der Waals surface area contributed by atoms with E-state index < -0.39 is 10.0 Å². The topological polar surface area (TPSA) is 63.4 Å². The quantitative estimate of drug-likeness (QED) is 0.617. The van der Waals surface area contributed by atoms with Gasteiger partial charge in [-0.05, 0) is 24.3 Å². The van der Waals surface area contributed by atoms with Gasteiger partial charge in [0.15, 0.2) is 0 Å². The molecule has 0 unspecified atom stereocenters. The first-order valence-electron chi connectivity index (χ1n) is 4.41. The van der Waals surface area contributed by atoms with Crippen molar-refractivity contribution in [3.8, 4) is 0 Å². The Morgan fingerprint density at radius 3 is 2.40 bits per heavy atom. The van der Waals surface area contributed by atoms with E-state index in [0.29, 0.717) is 5.69 Å². The van der Waals surface area contributed by atoms with Gasteiger partial charge in [-0.15, -0.1) is 6.58 Å². The van der Waals surface area contributed by atoms with Crippen molar-refractivity contribution in [3.63, 3.8) is 0 Å². The fraction of sp³-hybridized carbons (Fsp3) is 0.200. The molecule has 5 heteroatoms. The molecule has 4 nitrogen and oxygen atoms in total. The van der Waals surface area contributed by atoms with E-state index in [-0.39, 0.29) is 11.4 Å². The van der Waals surface area contributed by atoms with Gasteiger partial charge in [-0.1, -0.05) is 6.08 Å². The molecule has 0 fully saturated rings. The Balaban J connectivity index is 3.06. The van der Waals surface area contributed by atoms with Gasteiger partial charge >= 0.3 is 0 Å². The Kier molecular flexibility index (Phi) is 3.49. The molecule has 1 rings (SSSR count). The number of rotatable bonds is 4. The van der Waals surface area contributed by atoms with Gasteiger partial charge in [0.2, 0.25) is 10.0 Å². The third-order valence-electron chi connectivity index (χ3n) is 1.97. The van der Waals surface area contributed by atoms with Crippen LogP contribution in [0.25, 0.3) is 0 Å². The van der Waals surface area contributed by atoms with Crippen LogP contribution >= 0.6 is 0 Å². The maximum atomic E-state index is 11.9. The molecule has 0 radical (unpaired) electrons. The van der Waals surface area contributed by atoms with E-state index in [0.717, 1.165) is 0 Å². The highest BCUT2D eigenvalue weighted by molar-refractivity contribution is 7.89. The fourth-order valence-electron chi connectivity index (χ4n) is 1.10. The zero-order valence-corrected chi connectivity index (χ0v) is 9.37. The Morgan fingerprint density at radius 1 is 1.40 bits per heavy atom. The number of nitrogens with two attached hydrogens (primary N) is 1. The number of nitrogens with zero attached hydrogens (tertiary/aromatic N) is 1. The molecule has 0 aliphatic heterocycles. The summed E-state index contributed by atoms with van der Waals surface area (Å²) in [6.07, 6.45) is 1.54. The minimum Gasteiger partial charge on any atom is -0.399 e. The summed E-state index contributed by atoms with van der Waals surface area (Å²) in [5.41, 5.74) is 6.02. The van der Waals surface area contributed by atoms with Crippen LogP contribution in [0.4, 0.5) is 5.69 Å². The van der Waals surface area contributed by atoms with Gasteiger partial charge in [-0.3, -0.25) is 0 Å². The van der Waals surface area contributed by atoms with E-state index in [4.69, 9.17) is 5.73 Å². The average Bonchev–Trinajstić information content (AvgIpc) is 2.18. The summed E-state index contributed by atoms with van der Waals surface area (Å²) >= 11 is 0. The molecule has 1 aromatic carbocycles. The summed E-state index contributed by atoms with van der Waals surface area (Å²) in [7, 11) is -1.90. The molecule has 0 spiro atoms. The predicted octanol–water partition coefficient (Wildman–Crippen LogP) is 1.08. The second kappa shape index (κ2) is 4.46. The van der Waals surface area contributed by atoms with E-state index in [2.05, 4.69) is 6.58 Å². The summed E-state index contributed by atoms with van der Waals surface area (Å²) in [6, 6.07) is 6.11. The smallest absolute Gasteiger partial charge is 0.243 e. The van der Waals surface area contributed by atoms with Crippen LogP contribution in [0.5, 0.6) is 0 Å². The van der Waals surface area contributed by atoms with Gasteiger partial charge in [0.05, 0.1) is 4.90 Å². The van der Waals surface area contributed by atoms with Crippen molar-refractivity contribution >= 4 is 15.7 Å². The molecule has 0 amide bonds. The van der Waals surface area contributed by atoms with E-state index in [1.165, 1.54) is 29.6 Å². The van der Waals surface area contributed by atoms with Gasteiger partial charge < -0.3 is 5.73 Å². The van der Waals surface area contributed by atoms with Crippen molar-refractivity contribution in [2.75, 3.05) is 19.3 Å². The van der Waals surface area contributed by atoms with E-state index in [1.807, 2.05) is 0 Å². The van der Waals surface area contributed by atoms with Crippen molar-refractivity contribution in [2.24, 2.45) is 0 Å². The second-order valence-corrected chi connectivity index (χ2v) is 5.19. The summed E-state index contributed by atoms with van der Waals surface area (Å²) in [4.78, 5) is 0.237. The van der Waals surface area contributed by atoms with Crippen molar-refractivity contribution in [3.05, 3.63) is 36.9 Å². The van der Waals surface area contributed by atoms with E-state index in [9.17, 15) is 8.42 Å². The molecule has 15 heavy (non-hydrogen) atoms. The van der Waals surface area contributed by atoms with Gasteiger partial charge in [-0.2, -0.15) is 4.31 Å². The number of benzene rings is 1. The molecule has 0 saturated carbocycles. The normalized spacial score (nSPS) is 11.6. The summed E-state index contributed by atoms with van der Waals surface area (Å²) in [5, 5.41) is 0. The molecule has 0 saturated heterocycles. The summed E-state index contributed by atoms with van der Waals surface area (Å²) < 4.78 is 25.0. The zero-order valence-electron chi connectivity index (χ0n) is 8.55. The average molecular weight is 226 g/mol. The monoisotopic (exact) mass is 226 g/mol. The second-order valence-electron chi connectivity index (χ2n) is 3.14. The Bertz CT molecular complexity index is 437. The number of hydrogen-bond acceptors (Lipinski definition) is 3. The first-order chi connectivity index (χ1) is 6.98. The first-order valence-corrected chi connectivity index (χ1v) is 5.85. The molecule has 82 valence electrons. The lowest BCUT2D eigenvalue weighted by atomic mass is 10.3. The lowest BCUT2D eigenvalue weighted by Gasteiger charge is -2.14. The zero-order chi connectivity index (χ0) is 11.5. The highest BCUT2D eigenvalue weighted by Crippen LogP contribution is 2.15. The lowest BCUT2D eigenvalue weighted by Crippen LogP contribution is -2.26. The fourth-order valence-corrected chi connectivity index (χ4v) is 2.24. The molecule has 0 aromatic heterocycles. The molecular weight excluding hydrogens is 212 g/mol. The van der Waals surface area contributed by atoms with Crippen LogP contribution in [0.3, 0.4) is 0 Å². The van der Waals surface area contributed by atoms with Crippen LogP contribution in [0, 0.1) is 0 Å². The van der Waals surface area contributed by atoms with Crippen molar-refractivity contribution < 1.29 is 8.42 Å². The maximum absolute atomic E-state index is 11.9. The molecule has 0 bridgehead atoms. The molecule has 0 aliphatic rings. The molecule has 0 atom stereocenters. The molecule has 2 N–H and O–H groups in total. The summed E-state index contributed by atoms with van der Waals surface area (Å²) in [5.74, 6) is 0.